The highest BCUT2D eigenvalue weighted by atomic mass is 32.1. The molecule has 7 nitrogen and oxygen atoms in total. The highest BCUT2D eigenvalue weighted by molar-refractivity contribution is 7.10. The Bertz CT molecular complexity index is 1210. The van der Waals surface area contributed by atoms with Gasteiger partial charge >= 0.3 is 0 Å². The van der Waals surface area contributed by atoms with E-state index in [0.717, 1.165) is 36.1 Å². The number of ether oxygens (including phenoxy) is 3. The largest absolute Gasteiger partial charge is 0.497 e. The lowest BCUT2D eigenvalue weighted by atomic mass is 9.94. The van der Waals surface area contributed by atoms with Crippen LogP contribution >= 0.6 is 11.3 Å². The molecule has 0 aliphatic heterocycles. The smallest absolute Gasteiger partial charge is 0.247 e. The Hall–Kier alpha value is -3.52. The molecule has 38 heavy (non-hydrogen) atoms. The number of methoxy groups -OCH3 is 3. The average Bonchev–Trinajstić information content (AvgIpc) is 3.46. The molecule has 2 aromatic carbocycles. The zero-order valence-electron chi connectivity index (χ0n) is 22.3. The van der Waals surface area contributed by atoms with Gasteiger partial charge in [-0.25, -0.2) is 0 Å². The minimum atomic E-state index is -0.907. The minimum Gasteiger partial charge on any atom is -0.497 e. The molecule has 3 aromatic rings. The summed E-state index contributed by atoms with van der Waals surface area (Å²) < 4.78 is 16.7. The van der Waals surface area contributed by atoms with Gasteiger partial charge in [-0.15, -0.1) is 11.3 Å². The summed E-state index contributed by atoms with van der Waals surface area (Å²) in [5.41, 5.74) is 1.42. The molecular weight excluding hydrogens is 500 g/mol. The van der Waals surface area contributed by atoms with Gasteiger partial charge in [-0.05, 0) is 42.5 Å². The number of carbonyl (C=O) groups excluding carboxylic acids is 2. The Morgan fingerprint density at radius 2 is 1.71 bits per heavy atom. The van der Waals surface area contributed by atoms with Crippen molar-refractivity contribution >= 4 is 23.2 Å². The molecular formula is C30H36N2O5S. The van der Waals surface area contributed by atoms with Crippen LogP contribution in [0.2, 0.25) is 0 Å². The quantitative estimate of drug-likeness (QED) is 0.348. The van der Waals surface area contributed by atoms with Crippen LogP contribution in [0, 0.1) is 0 Å². The fraction of sp³-hybridized carbons (Fsp3) is 0.400. The molecule has 1 fully saturated rings. The second-order valence-corrected chi connectivity index (χ2v) is 10.5. The monoisotopic (exact) mass is 536 g/mol. The summed E-state index contributed by atoms with van der Waals surface area (Å²) in [5, 5.41) is 5.21. The van der Waals surface area contributed by atoms with Crippen LogP contribution < -0.4 is 19.5 Å². The standard InChI is InChI=1S/C30H36N2O5S/c1-35-23-15-16-25(27(18-23)37-3)29(30(34)31-22-11-5-4-6-12-22)32(28(33)19-24-13-9-17-38-24)20-21-10-7-8-14-26(21)36-2/h7-10,13-18,22,29H,4-6,11-12,19-20H2,1-3H3,(H,31,34)/t29-/m1/s1. The van der Waals surface area contributed by atoms with E-state index < -0.39 is 6.04 Å². The maximum Gasteiger partial charge on any atom is 0.247 e. The van der Waals surface area contributed by atoms with Gasteiger partial charge in [0.1, 0.15) is 23.3 Å². The van der Waals surface area contributed by atoms with Crippen LogP contribution in [0.1, 0.15) is 54.1 Å². The van der Waals surface area contributed by atoms with Gasteiger partial charge < -0.3 is 24.4 Å². The lowest BCUT2D eigenvalue weighted by molar-refractivity contribution is -0.141. The summed E-state index contributed by atoms with van der Waals surface area (Å²) in [6.45, 7) is 0.201. The maximum atomic E-state index is 14.1. The van der Waals surface area contributed by atoms with Crippen molar-refractivity contribution in [3.8, 4) is 17.2 Å². The second kappa shape index (κ2) is 13.3. The zero-order chi connectivity index (χ0) is 26.9. The van der Waals surface area contributed by atoms with Gasteiger partial charge in [-0.2, -0.15) is 0 Å². The van der Waals surface area contributed by atoms with E-state index in [1.807, 2.05) is 47.8 Å². The molecule has 0 bridgehead atoms. The maximum absolute atomic E-state index is 14.1. The first-order chi connectivity index (χ1) is 18.5. The first kappa shape index (κ1) is 27.5. The molecule has 1 aliphatic rings. The lowest BCUT2D eigenvalue weighted by Crippen LogP contribution is -2.47. The van der Waals surface area contributed by atoms with Gasteiger partial charge in [0.15, 0.2) is 0 Å². The summed E-state index contributed by atoms with van der Waals surface area (Å²) in [7, 11) is 4.75. The molecule has 1 aromatic heterocycles. The molecule has 1 atom stereocenters. The molecule has 0 radical (unpaired) electrons. The summed E-state index contributed by atoms with van der Waals surface area (Å²) in [6, 6.07) is 16.0. The van der Waals surface area contributed by atoms with Crippen molar-refractivity contribution in [2.24, 2.45) is 0 Å². The van der Waals surface area contributed by atoms with Gasteiger partial charge in [0.05, 0.1) is 34.3 Å². The number of hydrogen-bond acceptors (Lipinski definition) is 6. The molecule has 0 unspecified atom stereocenters. The molecule has 8 heteroatoms. The molecule has 202 valence electrons. The summed E-state index contributed by atoms with van der Waals surface area (Å²) in [6.07, 6.45) is 5.43. The molecule has 4 rings (SSSR count). The number of thiophene rings is 1. The number of benzene rings is 2. The lowest BCUT2D eigenvalue weighted by Gasteiger charge is -2.34. The van der Waals surface area contributed by atoms with Gasteiger partial charge in [0.2, 0.25) is 11.8 Å². The molecule has 1 saturated carbocycles. The van der Waals surface area contributed by atoms with Crippen molar-refractivity contribution in [2.75, 3.05) is 21.3 Å². The van der Waals surface area contributed by atoms with Crippen molar-refractivity contribution in [3.63, 3.8) is 0 Å². The third kappa shape index (κ3) is 6.67. The molecule has 1 heterocycles. The number of para-hydroxylation sites is 1. The normalized spacial score (nSPS) is 14.4. The van der Waals surface area contributed by atoms with Crippen LogP contribution in [0.15, 0.2) is 60.0 Å². The highest BCUT2D eigenvalue weighted by Gasteiger charge is 2.35. The van der Waals surface area contributed by atoms with E-state index in [1.54, 1.807) is 38.4 Å². The average molecular weight is 537 g/mol. The van der Waals surface area contributed by atoms with E-state index in [4.69, 9.17) is 14.2 Å². The Balaban J connectivity index is 1.79. The first-order valence-corrected chi connectivity index (χ1v) is 13.9. The Kier molecular flexibility index (Phi) is 9.65. The van der Waals surface area contributed by atoms with E-state index in [2.05, 4.69) is 5.32 Å². The highest BCUT2D eigenvalue weighted by Crippen LogP contribution is 2.36. The number of rotatable bonds is 11. The number of nitrogens with zero attached hydrogens (tertiary/aromatic N) is 1. The number of amides is 2. The topological polar surface area (TPSA) is 77.1 Å². The molecule has 1 N–H and O–H groups in total. The van der Waals surface area contributed by atoms with Crippen LogP contribution in [0.3, 0.4) is 0 Å². The van der Waals surface area contributed by atoms with Crippen molar-refractivity contribution in [2.45, 2.75) is 57.2 Å². The van der Waals surface area contributed by atoms with Gasteiger partial charge in [0.25, 0.3) is 0 Å². The first-order valence-electron chi connectivity index (χ1n) is 13.0. The number of hydrogen-bond donors (Lipinski definition) is 1. The van der Waals surface area contributed by atoms with Crippen LogP contribution in [0.5, 0.6) is 17.2 Å². The minimum absolute atomic E-state index is 0.0866. The summed E-state index contributed by atoms with van der Waals surface area (Å²) >= 11 is 1.53. The molecule has 0 spiro atoms. The molecule has 0 saturated heterocycles. The van der Waals surface area contributed by atoms with Crippen LogP contribution in [0.25, 0.3) is 0 Å². The Morgan fingerprint density at radius 1 is 0.947 bits per heavy atom. The zero-order valence-corrected chi connectivity index (χ0v) is 23.1. The summed E-state index contributed by atoms with van der Waals surface area (Å²) in [5.74, 6) is 1.39. The van der Waals surface area contributed by atoms with Crippen LogP contribution in [-0.4, -0.2) is 44.1 Å². The second-order valence-electron chi connectivity index (χ2n) is 9.44. The summed E-state index contributed by atoms with van der Waals surface area (Å²) in [4.78, 5) is 30.7. The van der Waals surface area contributed by atoms with E-state index >= 15 is 0 Å². The Labute approximate surface area is 228 Å². The third-order valence-corrected chi connectivity index (χ3v) is 7.88. The van der Waals surface area contributed by atoms with E-state index in [-0.39, 0.29) is 30.8 Å². The predicted octanol–water partition coefficient (Wildman–Crippen LogP) is 5.54. The van der Waals surface area contributed by atoms with E-state index in [9.17, 15) is 9.59 Å². The van der Waals surface area contributed by atoms with Crippen LogP contribution in [-0.2, 0) is 22.6 Å². The van der Waals surface area contributed by atoms with Gasteiger partial charge in [-0.1, -0.05) is 43.5 Å². The number of carbonyl (C=O) groups is 2. The van der Waals surface area contributed by atoms with E-state index in [1.165, 1.54) is 17.8 Å². The van der Waals surface area contributed by atoms with Crippen molar-refractivity contribution in [1.82, 2.24) is 10.2 Å². The van der Waals surface area contributed by atoms with Crippen molar-refractivity contribution in [3.05, 3.63) is 76.0 Å². The SMILES string of the molecule is COc1ccc([C@H](C(=O)NC2CCCCC2)N(Cc2ccccc2OC)C(=O)Cc2cccs2)c(OC)c1. The van der Waals surface area contributed by atoms with E-state index in [0.29, 0.717) is 22.8 Å². The fourth-order valence-corrected chi connectivity index (χ4v) is 5.72. The van der Waals surface area contributed by atoms with Crippen LogP contribution in [0.4, 0.5) is 0 Å². The van der Waals surface area contributed by atoms with Crippen molar-refractivity contribution < 1.29 is 23.8 Å². The molecule has 2 amide bonds. The third-order valence-electron chi connectivity index (χ3n) is 7.01. The Morgan fingerprint density at radius 3 is 2.39 bits per heavy atom. The van der Waals surface area contributed by atoms with Gasteiger partial charge in [-0.3, -0.25) is 9.59 Å². The fourth-order valence-electron chi connectivity index (χ4n) is 5.03. The number of nitrogens with one attached hydrogen (secondary N) is 1. The molecule has 1 aliphatic carbocycles. The van der Waals surface area contributed by atoms with Crippen molar-refractivity contribution in [1.29, 1.82) is 0 Å². The van der Waals surface area contributed by atoms with Gasteiger partial charge in [0, 0.05) is 28.1 Å². The predicted molar refractivity (Wildman–Crippen MR) is 149 cm³/mol.